The van der Waals surface area contributed by atoms with Gasteiger partial charge in [0.05, 0.1) is 29.5 Å². The molecule has 4 rings (SSSR count). The summed E-state index contributed by atoms with van der Waals surface area (Å²) in [6, 6.07) is 8.15. The van der Waals surface area contributed by atoms with Gasteiger partial charge in [0.1, 0.15) is 17.3 Å². The van der Waals surface area contributed by atoms with Crippen molar-refractivity contribution in [3.63, 3.8) is 0 Å². The largest absolute Gasteiger partial charge is 0.419 e. The van der Waals surface area contributed by atoms with Gasteiger partial charge in [0.15, 0.2) is 16.1 Å². The van der Waals surface area contributed by atoms with Gasteiger partial charge in [0, 0.05) is 29.5 Å². The van der Waals surface area contributed by atoms with Crippen molar-refractivity contribution >= 4 is 22.0 Å². The lowest BCUT2D eigenvalue weighted by Crippen LogP contribution is -2.39. The summed E-state index contributed by atoms with van der Waals surface area (Å²) in [6.07, 6.45) is 2.30. The summed E-state index contributed by atoms with van der Waals surface area (Å²) in [5, 5.41) is 0. The third kappa shape index (κ3) is 6.73. The molecule has 1 atom stereocenters. The van der Waals surface area contributed by atoms with Crippen molar-refractivity contribution in [2.24, 2.45) is 0 Å². The number of imidazole rings is 1. The zero-order chi connectivity index (χ0) is 30.8. The Kier molecular flexibility index (Phi) is 8.92. The minimum Gasteiger partial charge on any atom is -0.331 e. The number of benzene rings is 2. The SMILES string of the molecule is C#Cc1ccc(-n2c([C@@H](C)N(CCS(=O)(=O)CC)C(=O)Cc3ccc(F)c(C(F)(F)F)c3)nc(C3CC3)c2C=O)cc1. The van der Waals surface area contributed by atoms with Crippen molar-refractivity contribution in [1.82, 2.24) is 14.5 Å². The van der Waals surface area contributed by atoms with E-state index in [1.807, 2.05) is 0 Å². The van der Waals surface area contributed by atoms with Crippen molar-refractivity contribution in [2.45, 2.75) is 51.2 Å². The van der Waals surface area contributed by atoms with Crippen LogP contribution in [-0.2, 0) is 27.2 Å². The second-order valence-electron chi connectivity index (χ2n) is 10.1. The Morgan fingerprint density at radius 2 is 1.88 bits per heavy atom. The van der Waals surface area contributed by atoms with Crippen LogP contribution in [0.5, 0.6) is 0 Å². The van der Waals surface area contributed by atoms with Gasteiger partial charge in [-0.3, -0.25) is 14.2 Å². The van der Waals surface area contributed by atoms with E-state index in [2.05, 4.69) is 5.92 Å². The third-order valence-corrected chi connectivity index (χ3v) is 8.96. The first-order valence-corrected chi connectivity index (χ1v) is 15.1. The topological polar surface area (TPSA) is 89.3 Å². The number of alkyl halides is 3. The Balaban J connectivity index is 1.78. The lowest BCUT2D eigenvalue weighted by Gasteiger charge is -2.30. The number of hydrogen-bond acceptors (Lipinski definition) is 5. The monoisotopic (exact) mass is 603 g/mol. The molecular weight excluding hydrogens is 574 g/mol. The summed E-state index contributed by atoms with van der Waals surface area (Å²) >= 11 is 0. The van der Waals surface area contributed by atoms with Crippen molar-refractivity contribution in [3.8, 4) is 18.0 Å². The molecule has 0 spiro atoms. The van der Waals surface area contributed by atoms with Crippen LogP contribution < -0.4 is 0 Å². The molecule has 0 radical (unpaired) electrons. The molecule has 222 valence electrons. The van der Waals surface area contributed by atoms with Gasteiger partial charge in [0.25, 0.3) is 0 Å². The second-order valence-corrected chi connectivity index (χ2v) is 12.6. The van der Waals surface area contributed by atoms with Gasteiger partial charge in [0.2, 0.25) is 5.91 Å². The molecule has 42 heavy (non-hydrogen) atoms. The Morgan fingerprint density at radius 1 is 1.21 bits per heavy atom. The molecule has 3 aromatic rings. The summed E-state index contributed by atoms with van der Waals surface area (Å²) in [7, 11) is -3.54. The summed E-state index contributed by atoms with van der Waals surface area (Å²) < 4.78 is 80.2. The van der Waals surface area contributed by atoms with E-state index in [0.29, 0.717) is 35.4 Å². The summed E-state index contributed by atoms with van der Waals surface area (Å²) in [6.45, 7) is 2.80. The molecule has 1 saturated carbocycles. The van der Waals surface area contributed by atoms with Crippen molar-refractivity contribution in [3.05, 3.63) is 82.2 Å². The molecule has 2 aromatic carbocycles. The van der Waals surface area contributed by atoms with E-state index in [0.717, 1.165) is 18.9 Å². The molecule has 1 aromatic heterocycles. The highest BCUT2D eigenvalue weighted by Gasteiger charge is 2.36. The average molecular weight is 604 g/mol. The Morgan fingerprint density at radius 3 is 2.43 bits per heavy atom. The fourth-order valence-corrected chi connectivity index (χ4v) is 5.49. The number of halogens is 4. The first kappa shape index (κ1) is 31.0. The summed E-state index contributed by atoms with van der Waals surface area (Å²) in [5.74, 6) is 0.119. The minimum atomic E-state index is -4.96. The lowest BCUT2D eigenvalue weighted by atomic mass is 10.1. The molecular formula is C30H29F4N3O4S. The average Bonchev–Trinajstić information content (AvgIpc) is 3.72. The molecule has 1 heterocycles. The number of rotatable bonds is 11. The number of carbonyl (C=O) groups is 2. The molecule has 0 saturated heterocycles. The number of carbonyl (C=O) groups excluding carboxylic acids is 2. The summed E-state index contributed by atoms with van der Waals surface area (Å²) in [4.78, 5) is 31.9. The van der Waals surface area contributed by atoms with Gasteiger partial charge in [-0.2, -0.15) is 13.2 Å². The van der Waals surface area contributed by atoms with Crippen LogP contribution >= 0.6 is 0 Å². The molecule has 1 amide bonds. The number of sulfone groups is 1. The molecule has 1 aliphatic rings. The summed E-state index contributed by atoms with van der Waals surface area (Å²) in [5.41, 5.74) is 0.382. The van der Waals surface area contributed by atoms with Gasteiger partial charge >= 0.3 is 6.18 Å². The number of terminal acetylenes is 1. The van der Waals surface area contributed by atoms with Crippen LogP contribution in [0.3, 0.4) is 0 Å². The normalized spacial score (nSPS) is 14.3. The number of aromatic nitrogens is 2. The smallest absolute Gasteiger partial charge is 0.331 e. The van der Waals surface area contributed by atoms with Crippen LogP contribution in [0.4, 0.5) is 17.6 Å². The first-order chi connectivity index (χ1) is 19.8. The standard InChI is InChI=1S/C30H29F4N3O4S/c1-4-20-6-11-23(12-7-20)37-26(18-38)28(22-9-10-22)35-29(37)19(3)36(14-15-42(40,41)5-2)27(39)17-21-8-13-25(31)24(16-21)30(32,33)34/h1,6-8,11-13,16,18-19,22H,5,9-10,14-15,17H2,2-3H3/t19-/m1/s1. The van der Waals surface area contributed by atoms with Gasteiger partial charge in [-0.1, -0.05) is 18.9 Å². The Labute approximate surface area is 241 Å². The van der Waals surface area contributed by atoms with Crippen LogP contribution in [0.2, 0.25) is 0 Å². The van der Waals surface area contributed by atoms with Crippen molar-refractivity contribution in [1.29, 1.82) is 0 Å². The molecule has 0 aliphatic heterocycles. The van der Waals surface area contributed by atoms with E-state index in [1.165, 1.54) is 11.8 Å². The molecule has 0 unspecified atom stereocenters. The van der Waals surface area contributed by atoms with Gasteiger partial charge in [-0.25, -0.2) is 17.8 Å². The number of hydrogen-bond donors (Lipinski definition) is 0. The highest BCUT2D eigenvalue weighted by atomic mass is 32.2. The maximum atomic E-state index is 13.9. The maximum Gasteiger partial charge on any atom is 0.419 e. The zero-order valence-corrected chi connectivity index (χ0v) is 23.8. The lowest BCUT2D eigenvalue weighted by molar-refractivity contribution is -0.140. The first-order valence-electron chi connectivity index (χ1n) is 13.3. The van der Waals surface area contributed by atoms with Crippen molar-refractivity contribution in [2.75, 3.05) is 18.1 Å². The minimum absolute atomic E-state index is 0.0482. The third-order valence-electron chi connectivity index (χ3n) is 7.27. The Hall–Kier alpha value is -3.98. The van der Waals surface area contributed by atoms with Crippen LogP contribution in [0.25, 0.3) is 5.69 Å². The van der Waals surface area contributed by atoms with Gasteiger partial charge < -0.3 is 4.90 Å². The molecule has 0 bridgehead atoms. The van der Waals surface area contributed by atoms with E-state index in [9.17, 15) is 35.6 Å². The second kappa shape index (κ2) is 12.1. The molecule has 7 nitrogen and oxygen atoms in total. The van der Waals surface area contributed by atoms with E-state index < -0.39 is 51.5 Å². The fraction of sp³-hybridized carbons (Fsp3) is 0.367. The number of amides is 1. The highest BCUT2D eigenvalue weighted by molar-refractivity contribution is 7.91. The van der Waals surface area contributed by atoms with Gasteiger partial charge in [-0.05, 0) is 61.7 Å². The van der Waals surface area contributed by atoms with Crippen LogP contribution in [0, 0.1) is 18.2 Å². The van der Waals surface area contributed by atoms with Crippen LogP contribution in [-0.4, -0.2) is 53.1 Å². The van der Waals surface area contributed by atoms with E-state index in [4.69, 9.17) is 11.4 Å². The van der Waals surface area contributed by atoms with Crippen LogP contribution in [0.1, 0.15) is 77.3 Å². The van der Waals surface area contributed by atoms with Crippen LogP contribution in [0.15, 0.2) is 42.5 Å². The molecule has 12 heteroatoms. The van der Waals surface area contributed by atoms with Gasteiger partial charge in [-0.15, -0.1) is 6.42 Å². The van der Waals surface area contributed by atoms with Crippen molar-refractivity contribution < 1.29 is 35.6 Å². The van der Waals surface area contributed by atoms with E-state index >= 15 is 0 Å². The Bertz CT molecular complexity index is 1640. The van der Waals surface area contributed by atoms with E-state index in [-0.39, 0.29) is 35.3 Å². The highest BCUT2D eigenvalue weighted by Crippen LogP contribution is 2.42. The maximum absolute atomic E-state index is 13.9. The van der Waals surface area contributed by atoms with E-state index in [1.54, 1.807) is 35.8 Å². The number of nitrogens with zero attached hydrogens (tertiary/aromatic N) is 3. The molecule has 0 N–H and O–H groups in total. The predicted molar refractivity (Wildman–Crippen MR) is 148 cm³/mol. The fourth-order valence-electron chi connectivity index (χ4n) is 4.73. The zero-order valence-electron chi connectivity index (χ0n) is 23.0. The quantitative estimate of drug-likeness (QED) is 0.169. The molecule has 1 aliphatic carbocycles. The predicted octanol–water partition coefficient (Wildman–Crippen LogP) is 5.27. The molecule has 1 fully saturated rings. The number of aldehydes is 1.